The number of nitrogens with one attached hydrogen (secondary N) is 1. The molecule has 0 bridgehead atoms. The zero-order chi connectivity index (χ0) is 11.1. The van der Waals surface area contributed by atoms with E-state index in [9.17, 15) is 0 Å². The monoisotopic (exact) mass is 214 g/mol. The molecule has 80 valence electrons. The Bertz CT molecular complexity index is 672. The number of furan rings is 1. The SMILES string of the molecule is CCc1nc2c(oc3ccccc32)c(N)[nH+]1. The fourth-order valence-corrected chi connectivity index (χ4v) is 1.87. The quantitative estimate of drug-likeness (QED) is 0.673. The second-order valence-electron chi connectivity index (χ2n) is 3.73. The van der Waals surface area contributed by atoms with Gasteiger partial charge in [-0.05, 0) is 12.1 Å². The van der Waals surface area contributed by atoms with Crippen molar-refractivity contribution in [1.82, 2.24) is 4.98 Å². The highest BCUT2D eigenvalue weighted by Gasteiger charge is 2.17. The molecule has 3 N–H and O–H groups in total. The minimum absolute atomic E-state index is 0.540. The lowest BCUT2D eigenvalue weighted by atomic mass is 10.2. The Morgan fingerprint density at radius 2 is 2.19 bits per heavy atom. The van der Waals surface area contributed by atoms with E-state index in [1.807, 2.05) is 31.2 Å². The van der Waals surface area contributed by atoms with E-state index < -0.39 is 0 Å². The number of aryl methyl sites for hydroxylation is 1. The number of nitrogens with two attached hydrogens (primary N) is 1. The molecule has 0 spiro atoms. The normalized spacial score (nSPS) is 11.3. The van der Waals surface area contributed by atoms with Crippen molar-refractivity contribution in [2.75, 3.05) is 5.73 Å². The van der Waals surface area contributed by atoms with E-state index in [1.165, 1.54) is 0 Å². The lowest BCUT2D eigenvalue weighted by molar-refractivity contribution is -0.376. The Labute approximate surface area is 92.1 Å². The van der Waals surface area contributed by atoms with Crippen LogP contribution in [0.2, 0.25) is 0 Å². The Hall–Kier alpha value is -2.10. The van der Waals surface area contributed by atoms with Gasteiger partial charge in [-0.25, -0.2) is 4.98 Å². The molecule has 0 fully saturated rings. The molecule has 0 aliphatic carbocycles. The zero-order valence-corrected chi connectivity index (χ0v) is 8.95. The lowest BCUT2D eigenvalue weighted by Crippen LogP contribution is -2.17. The Morgan fingerprint density at radius 1 is 1.38 bits per heavy atom. The fraction of sp³-hybridized carbons (Fsp3) is 0.167. The van der Waals surface area contributed by atoms with Crippen molar-refractivity contribution in [1.29, 1.82) is 0 Å². The third-order valence-corrected chi connectivity index (χ3v) is 2.67. The molecule has 1 aromatic carbocycles. The number of hydrogen-bond acceptors (Lipinski definition) is 3. The predicted molar refractivity (Wildman–Crippen MR) is 61.9 cm³/mol. The summed E-state index contributed by atoms with van der Waals surface area (Å²) in [4.78, 5) is 7.55. The molecule has 0 amide bonds. The van der Waals surface area contributed by atoms with Gasteiger partial charge in [0.15, 0.2) is 5.52 Å². The van der Waals surface area contributed by atoms with Crippen LogP contribution in [0, 0.1) is 0 Å². The molecular formula is C12H12N3O+. The van der Waals surface area contributed by atoms with E-state index in [-0.39, 0.29) is 0 Å². The molecule has 2 heterocycles. The van der Waals surface area contributed by atoms with E-state index in [1.54, 1.807) is 0 Å². The third-order valence-electron chi connectivity index (χ3n) is 2.67. The molecule has 0 aliphatic rings. The summed E-state index contributed by atoms with van der Waals surface area (Å²) in [5.74, 6) is 1.41. The minimum Gasteiger partial charge on any atom is -0.446 e. The van der Waals surface area contributed by atoms with E-state index in [0.29, 0.717) is 11.4 Å². The number of anilines is 1. The Morgan fingerprint density at radius 3 is 3.00 bits per heavy atom. The van der Waals surface area contributed by atoms with Gasteiger partial charge in [0.1, 0.15) is 5.58 Å². The van der Waals surface area contributed by atoms with E-state index >= 15 is 0 Å². The summed E-state index contributed by atoms with van der Waals surface area (Å²) in [5.41, 5.74) is 8.20. The van der Waals surface area contributed by atoms with Crippen LogP contribution in [0.25, 0.3) is 22.1 Å². The predicted octanol–water partition coefficient (Wildman–Crippen LogP) is 1.94. The summed E-state index contributed by atoms with van der Waals surface area (Å²) in [6.45, 7) is 2.03. The number of para-hydroxylation sites is 1. The van der Waals surface area contributed by atoms with Crippen molar-refractivity contribution >= 4 is 27.9 Å². The van der Waals surface area contributed by atoms with E-state index in [2.05, 4.69) is 9.97 Å². The van der Waals surface area contributed by atoms with Gasteiger partial charge in [0.25, 0.3) is 5.82 Å². The molecule has 0 radical (unpaired) electrons. The van der Waals surface area contributed by atoms with Gasteiger partial charge in [-0.2, -0.15) is 0 Å². The highest BCUT2D eigenvalue weighted by Crippen LogP contribution is 2.28. The smallest absolute Gasteiger partial charge is 0.264 e. The topological polar surface area (TPSA) is 66.2 Å². The van der Waals surface area contributed by atoms with Gasteiger partial charge >= 0.3 is 0 Å². The molecule has 0 saturated heterocycles. The summed E-state index contributed by atoms with van der Waals surface area (Å²) in [7, 11) is 0. The van der Waals surface area contributed by atoms with Gasteiger partial charge in [0.2, 0.25) is 11.4 Å². The molecule has 2 aromatic heterocycles. The Kier molecular flexibility index (Phi) is 1.83. The van der Waals surface area contributed by atoms with Crippen molar-refractivity contribution in [3.63, 3.8) is 0 Å². The maximum absolute atomic E-state index is 5.91. The second kappa shape index (κ2) is 3.20. The summed E-state index contributed by atoms with van der Waals surface area (Å²) >= 11 is 0. The number of hydrogen-bond donors (Lipinski definition) is 1. The number of fused-ring (bicyclic) bond motifs is 3. The maximum atomic E-state index is 5.91. The molecule has 0 unspecified atom stereocenters. The molecule has 16 heavy (non-hydrogen) atoms. The van der Waals surface area contributed by atoms with Crippen LogP contribution in [0.1, 0.15) is 12.7 Å². The van der Waals surface area contributed by atoms with Gasteiger partial charge in [0.05, 0.1) is 5.39 Å². The number of nitrogens with zero attached hydrogens (tertiary/aromatic N) is 1. The van der Waals surface area contributed by atoms with Crippen molar-refractivity contribution in [2.45, 2.75) is 13.3 Å². The zero-order valence-electron chi connectivity index (χ0n) is 8.95. The molecule has 4 nitrogen and oxygen atoms in total. The van der Waals surface area contributed by atoms with Crippen LogP contribution in [0.4, 0.5) is 5.82 Å². The average molecular weight is 214 g/mol. The van der Waals surface area contributed by atoms with Gasteiger partial charge in [-0.15, -0.1) is 4.98 Å². The lowest BCUT2D eigenvalue weighted by Gasteiger charge is -1.91. The molecule has 0 aliphatic heterocycles. The summed E-state index contributed by atoms with van der Waals surface area (Å²) < 4.78 is 5.66. The first-order valence-electron chi connectivity index (χ1n) is 5.28. The van der Waals surface area contributed by atoms with Gasteiger partial charge < -0.3 is 10.2 Å². The first-order chi connectivity index (χ1) is 7.79. The summed E-state index contributed by atoms with van der Waals surface area (Å²) in [5, 5.41) is 1.01. The number of benzene rings is 1. The molecule has 3 rings (SSSR count). The summed E-state index contributed by atoms with van der Waals surface area (Å²) in [6, 6.07) is 7.82. The molecule has 4 heteroatoms. The van der Waals surface area contributed by atoms with Crippen LogP contribution < -0.4 is 10.7 Å². The van der Waals surface area contributed by atoms with Crippen LogP contribution in [-0.4, -0.2) is 4.98 Å². The van der Waals surface area contributed by atoms with Crippen molar-refractivity contribution in [2.24, 2.45) is 0 Å². The van der Waals surface area contributed by atoms with Crippen molar-refractivity contribution in [3.8, 4) is 0 Å². The van der Waals surface area contributed by atoms with Gasteiger partial charge in [-0.1, -0.05) is 19.1 Å². The molecule has 0 atom stereocenters. The minimum atomic E-state index is 0.540. The van der Waals surface area contributed by atoms with E-state index in [4.69, 9.17) is 10.2 Å². The third kappa shape index (κ3) is 1.16. The van der Waals surface area contributed by atoms with E-state index in [0.717, 1.165) is 28.7 Å². The van der Waals surface area contributed by atoms with Gasteiger partial charge in [0, 0.05) is 6.42 Å². The summed E-state index contributed by atoms with van der Waals surface area (Å²) in [6.07, 6.45) is 0.819. The van der Waals surface area contributed by atoms with Crippen LogP contribution >= 0.6 is 0 Å². The number of aromatic amines is 1. The molecule has 3 aromatic rings. The van der Waals surface area contributed by atoms with Crippen molar-refractivity contribution < 1.29 is 9.40 Å². The average Bonchev–Trinajstić information content (AvgIpc) is 2.68. The number of aromatic nitrogens is 2. The fourth-order valence-electron chi connectivity index (χ4n) is 1.87. The first-order valence-corrected chi connectivity index (χ1v) is 5.28. The van der Waals surface area contributed by atoms with Crippen LogP contribution in [-0.2, 0) is 6.42 Å². The first kappa shape index (κ1) is 9.15. The highest BCUT2D eigenvalue weighted by molar-refractivity contribution is 6.04. The second-order valence-corrected chi connectivity index (χ2v) is 3.73. The van der Waals surface area contributed by atoms with Crippen molar-refractivity contribution in [3.05, 3.63) is 30.1 Å². The standard InChI is InChI=1S/C12H11N3O/c1-2-9-14-10-7-5-3-4-6-8(7)16-11(10)12(13)15-9/h3-6H,2H2,1H3,(H2,13,14,15)/p+1. The molecular weight excluding hydrogens is 202 g/mol. The van der Waals surface area contributed by atoms with Gasteiger partial charge in [-0.3, -0.25) is 0 Å². The van der Waals surface area contributed by atoms with Crippen LogP contribution in [0.15, 0.2) is 28.7 Å². The Balaban J connectivity index is 2.51. The molecule has 0 saturated carbocycles. The number of rotatable bonds is 1. The number of nitrogen functional groups attached to an aromatic ring is 1. The largest absolute Gasteiger partial charge is 0.446 e. The number of H-pyrrole nitrogens is 1. The maximum Gasteiger partial charge on any atom is 0.264 e. The highest BCUT2D eigenvalue weighted by atomic mass is 16.3. The van der Waals surface area contributed by atoms with Crippen LogP contribution in [0.5, 0.6) is 0 Å². The van der Waals surface area contributed by atoms with Crippen LogP contribution in [0.3, 0.4) is 0 Å².